The van der Waals surface area contributed by atoms with Gasteiger partial charge in [0.25, 0.3) is 5.91 Å². The first-order valence-corrected chi connectivity index (χ1v) is 13.6. The van der Waals surface area contributed by atoms with Crippen LogP contribution in [0.5, 0.6) is 0 Å². The molecule has 3 N–H and O–H groups in total. The van der Waals surface area contributed by atoms with Crippen LogP contribution in [0.25, 0.3) is 11.4 Å². The van der Waals surface area contributed by atoms with Crippen molar-refractivity contribution in [2.45, 2.75) is 19.5 Å². The quantitative estimate of drug-likeness (QED) is 0.324. The number of nitrogen functional groups attached to an aromatic ring is 1. The molecule has 0 unspecified atom stereocenters. The summed E-state index contributed by atoms with van der Waals surface area (Å²) in [6.07, 6.45) is -4.17. The number of nitrogens with two attached hydrogens (primary N) is 1. The Balaban J connectivity index is 1.30. The molecule has 9 nitrogen and oxygen atoms in total. The number of anilines is 2. The van der Waals surface area contributed by atoms with Gasteiger partial charge in [0.05, 0.1) is 18.8 Å². The first kappa shape index (κ1) is 30.2. The molecule has 4 aromatic rings. The van der Waals surface area contributed by atoms with Gasteiger partial charge in [0.2, 0.25) is 5.95 Å². The molecule has 5 rings (SSSR count). The number of rotatable bonds is 5. The summed E-state index contributed by atoms with van der Waals surface area (Å²) >= 11 is 0. The van der Waals surface area contributed by atoms with Crippen LogP contribution in [0.15, 0.2) is 66.7 Å². The monoisotopic (exact) mass is 600 g/mol. The molecular weight excluding hydrogens is 573 g/mol. The minimum atomic E-state index is -4.51. The molecule has 3 aromatic carbocycles. The van der Waals surface area contributed by atoms with Crippen LogP contribution in [0, 0.1) is 18.8 Å². The first-order valence-electron chi connectivity index (χ1n) is 13.6. The fourth-order valence-electron chi connectivity index (χ4n) is 4.60. The summed E-state index contributed by atoms with van der Waals surface area (Å²) in [5, 5.41) is 2.67. The molecule has 1 aliphatic heterocycles. The Bertz CT molecular complexity index is 1760. The number of carbonyl (C=O) groups is 2. The predicted octanol–water partition coefficient (Wildman–Crippen LogP) is 4.50. The highest BCUT2D eigenvalue weighted by atomic mass is 19.4. The van der Waals surface area contributed by atoms with Crippen LogP contribution in [0.3, 0.4) is 0 Å². The minimum Gasteiger partial charge on any atom is -0.378 e. The predicted molar refractivity (Wildman–Crippen MR) is 157 cm³/mol. The number of hydrogen-bond acceptors (Lipinski definition) is 7. The van der Waals surface area contributed by atoms with Crippen LogP contribution in [-0.2, 0) is 22.1 Å². The van der Waals surface area contributed by atoms with E-state index < -0.39 is 17.6 Å². The van der Waals surface area contributed by atoms with Crippen molar-refractivity contribution in [3.05, 3.63) is 100 Å². The SMILES string of the molecule is Cc1c(NC(=O)C#Cc2cccc(C(F)(F)F)c2)cccc1-c1nc(N)nc(Cc2ccc(C(=O)N3CCOCC3)cc2)n1. The second-order valence-electron chi connectivity index (χ2n) is 9.97. The van der Waals surface area contributed by atoms with Crippen molar-refractivity contribution in [3.8, 4) is 23.2 Å². The number of ether oxygens (including phenoxy) is 1. The number of halogens is 3. The Morgan fingerprint density at radius 1 is 1.00 bits per heavy atom. The van der Waals surface area contributed by atoms with E-state index >= 15 is 0 Å². The zero-order valence-electron chi connectivity index (χ0n) is 23.6. The van der Waals surface area contributed by atoms with E-state index in [1.54, 1.807) is 42.2 Å². The van der Waals surface area contributed by atoms with Crippen molar-refractivity contribution in [3.63, 3.8) is 0 Å². The van der Waals surface area contributed by atoms with Gasteiger partial charge in [-0.2, -0.15) is 23.1 Å². The van der Waals surface area contributed by atoms with E-state index in [0.717, 1.165) is 17.7 Å². The molecule has 0 saturated carbocycles. The number of morpholine rings is 1. The second kappa shape index (κ2) is 12.9. The summed E-state index contributed by atoms with van der Waals surface area (Å²) in [6.45, 7) is 3.93. The van der Waals surface area contributed by atoms with Gasteiger partial charge in [0.1, 0.15) is 5.82 Å². The number of hydrogen-bond donors (Lipinski definition) is 2. The van der Waals surface area contributed by atoms with Crippen LogP contribution in [0.2, 0.25) is 0 Å². The molecule has 224 valence electrons. The topological polar surface area (TPSA) is 123 Å². The maximum absolute atomic E-state index is 13.0. The molecule has 0 aliphatic carbocycles. The summed E-state index contributed by atoms with van der Waals surface area (Å²) in [4.78, 5) is 40.2. The van der Waals surface area contributed by atoms with Crippen LogP contribution >= 0.6 is 0 Å². The Morgan fingerprint density at radius 3 is 2.45 bits per heavy atom. The lowest BCUT2D eigenvalue weighted by Crippen LogP contribution is -2.40. The molecule has 1 fully saturated rings. The average Bonchev–Trinajstić information content (AvgIpc) is 3.01. The third-order valence-corrected chi connectivity index (χ3v) is 6.89. The van der Waals surface area contributed by atoms with Gasteiger partial charge in [0, 0.05) is 47.8 Å². The summed E-state index contributed by atoms with van der Waals surface area (Å²) in [6, 6.07) is 16.8. The molecular formula is C32H27F3N6O3. The molecule has 12 heteroatoms. The number of nitrogens with one attached hydrogen (secondary N) is 1. The van der Waals surface area contributed by atoms with E-state index in [4.69, 9.17) is 10.5 Å². The van der Waals surface area contributed by atoms with Crippen LogP contribution < -0.4 is 11.1 Å². The lowest BCUT2D eigenvalue weighted by molar-refractivity contribution is -0.137. The number of benzene rings is 3. The molecule has 1 saturated heterocycles. The highest BCUT2D eigenvalue weighted by Gasteiger charge is 2.30. The second-order valence-corrected chi connectivity index (χ2v) is 9.97. The number of alkyl halides is 3. The highest BCUT2D eigenvalue weighted by molar-refractivity contribution is 6.05. The molecule has 0 bridgehead atoms. The smallest absolute Gasteiger partial charge is 0.378 e. The first-order chi connectivity index (χ1) is 21.1. The van der Waals surface area contributed by atoms with Gasteiger partial charge in [-0.25, -0.2) is 4.98 Å². The van der Waals surface area contributed by atoms with Crippen molar-refractivity contribution in [2.75, 3.05) is 37.4 Å². The van der Waals surface area contributed by atoms with Gasteiger partial charge in [0.15, 0.2) is 5.82 Å². The van der Waals surface area contributed by atoms with Crippen LogP contribution in [-0.4, -0.2) is 58.0 Å². The standard InChI is InChI=1S/C32H27F3N6O3/c1-20-25(6-3-7-26(20)37-28(42)13-10-21-4-2-5-24(18-21)32(33,34)35)29-38-27(39-31(36)40-29)19-22-8-11-23(12-9-22)30(43)41-14-16-44-17-15-41/h2-9,11-12,18H,14-17,19H2,1H3,(H,37,42)(H2,36,38,39,40). The fraction of sp³-hybridized carbons (Fsp3) is 0.219. The van der Waals surface area contributed by atoms with Gasteiger partial charge in [-0.1, -0.05) is 36.3 Å². The van der Waals surface area contributed by atoms with Gasteiger partial charge < -0.3 is 20.7 Å². The van der Waals surface area contributed by atoms with E-state index in [2.05, 4.69) is 32.1 Å². The Morgan fingerprint density at radius 2 is 1.73 bits per heavy atom. The van der Waals surface area contributed by atoms with Gasteiger partial charge >= 0.3 is 12.1 Å². The van der Waals surface area contributed by atoms with E-state index in [1.807, 2.05) is 12.1 Å². The fourth-order valence-corrected chi connectivity index (χ4v) is 4.60. The van der Waals surface area contributed by atoms with E-state index in [9.17, 15) is 22.8 Å². The van der Waals surface area contributed by atoms with Gasteiger partial charge in [-0.15, -0.1) is 0 Å². The van der Waals surface area contributed by atoms with Gasteiger partial charge in [-0.05, 0) is 54.4 Å². The summed E-state index contributed by atoms with van der Waals surface area (Å²) in [5.74, 6) is 4.79. The van der Waals surface area contributed by atoms with Crippen molar-refractivity contribution in [1.82, 2.24) is 19.9 Å². The van der Waals surface area contributed by atoms with Crippen LogP contribution in [0.4, 0.5) is 24.8 Å². The number of nitrogens with zero attached hydrogens (tertiary/aromatic N) is 4. The Kier molecular flexibility index (Phi) is 8.87. The van der Waals surface area contributed by atoms with Crippen molar-refractivity contribution in [1.29, 1.82) is 0 Å². The normalized spacial score (nSPS) is 13.1. The molecule has 0 radical (unpaired) electrons. The maximum Gasteiger partial charge on any atom is 0.416 e. The lowest BCUT2D eigenvalue weighted by Gasteiger charge is -2.26. The third-order valence-electron chi connectivity index (χ3n) is 6.89. The summed E-state index contributed by atoms with van der Waals surface area (Å²) in [7, 11) is 0. The number of aromatic nitrogens is 3. The van der Waals surface area contributed by atoms with Crippen molar-refractivity contribution < 1.29 is 27.5 Å². The molecule has 1 aliphatic rings. The molecule has 0 atom stereocenters. The average molecular weight is 601 g/mol. The van der Waals surface area contributed by atoms with E-state index in [-0.39, 0.29) is 17.4 Å². The maximum atomic E-state index is 13.0. The number of carbonyl (C=O) groups excluding carboxylic acids is 2. The zero-order chi connectivity index (χ0) is 31.3. The molecule has 44 heavy (non-hydrogen) atoms. The zero-order valence-corrected chi connectivity index (χ0v) is 23.6. The molecule has 0 spiro atoms. The summed E-state index contributed by atoms with van der Waals surface area (Å²) in [5.41, 5.74) is 8.33. The summed E-state index contributed by atoms with van der Waals surface area (Å²) < 4.78 is 44.2. The molecule has 2 amide bonds. The van der Waals surface area contributed by atoms with Crippen LogP contribution in [0.1, 0.15) is 38.4 Å². The molecule has 2 heterocycles. The van der Waals surface area contributed by atoms with E-state index in [0.29, 0.717) is 66.8 Å². The van der Waals surface area contributed by atoms with Crippen molar-refractivity contribution in [2.24, 2.45) is 0 Å². The molecule has 1 aromatic heterocycles. The highest BCUT2D eigenvalue weighted by Crippen LogP contribution is 2.29. The lowest BCUT2D eigenvalue weighted by atomic mass is 10.1. The Labute approximate surface area is 251 Å². The van der Waals surface area contributed by atoms with Gasteiger partial charge in [-0.3, -0.25) is 9.59 Å². The third kappa shape index (κ3) is 7.37. The minimum absolute atomic E-state index is 0.0184. The van der Waals surface area contributed by atoms with Crippen molar-refractivity contribution >= 4 is 23.5 Å². The largest absolute Gasteiger partial charge is 0.416 e. The van der Waals surface area contributed by atoms with E-state index in [1.165, 1.54) is 12.1 Å². The Hall–Kier alpha value is -5.28. The number of amides is 2.